The maximum absolute atomic E-state index is 11.6. The first-order chi connectivity index (χ1) is 7.81. The van der Waals surface area contributed by atoms with E-state index in [4.69, 9.17) is 9.47 Å². The van der Waals surface area contributed by atoms with Crippen LogP contribution in [-0.2, 0) is 9.47 Å². The average Bonchev–Trinajstić information content (AvgIpc) is 2.29. The Balaban J connectivity index is 1.80. The largest absolute Gasteiger partial charge is 0.462 e. The number of ether oxygens (including phenoxy) is 2. The molecule has 0 bridgehead atoms. The fourth-order valence-corrected chi connectivity index (χ4v) is 1.82. The maximum Gasteiger partial charge on any atom is 0.338 e. The van der Waals surface area contributed by atoms with E-state index in [1.807, 2.05) is 18.2 Å². The van der Waals surface area contributed by atoms with Crippen LogP contribution < -0.4 is 0 Å². The number of hydrogen-bond donors (Lipinski definition) is 0. The van der Waals surface area contributed by atoms with Crippen LogP contribution in [0.1, 0.15) is 23.7 Å². The molecule has 1 aromatic carbocycles. The Kier molecular flexibility index (Phi) is 3.57. The summed E-state index contributed by atoms with van der Waals surface area (Å²) in [5, 5.41) is 0. The summed E-state index contributed by atoms with van der Waals surface area (Å²) in [6.45, 7) is 3.25. The molecule has 3 heteroatoms. The molecule has 1 saturated heterocycles. The van der Waals surface area contributed by atoms with Gasteiger partial charge in [-0.2, -0.15) is 0 Å². The van der Waals surface area contributed by atoms with Crippen LogP contribution in [0, 0.1) is 5.92 Å². The molecule has 0 amide bonds. The van der Waals surface area contributed by atoms with E-state index in [-0.39, 0.29) is 12.1 Å². The van der Waals surface area contributed by atoms with Crippen molar-refractivity contribution in [3.05, 3.63) is 35.9 Å². The van der Waals surface area contributed by atoms with Gasteiger partial charge in [-0.15, -0.1) is 0 Å². The van der Waals surface area contributed by atoms with Crippen LogP contribution in [-0.4, -0.2) is 25.3 Å². The Bertz CT molecular complexity index is 345. The minimum atomic E-state index is -0.248. The zero-order valence-electron chi connectivity index (χ0n) is 9.39. The molecule has 0 radical (unpaired) electrons. The summed E-state index contributed by atoms with van der Waals surface area (Å²) >= 11 is 0. The molecule has 1 aromatic rings. The van der Waals surface area contributed by atoms with Gasteiger partial charge in [-0.05, 0) is 18.6 Å². The summed E-state index contributed by atoms with van der Waals surface area (Å²) in [5.41, 5.74) is 0.607. The second-order valence-electron chi connectivity index (χ2n) is 4.00. The van der Waals surface area contributed by atoms with Crippen molar-refractivity contribution in [1.29, 1.82) is 0 Å². The first-order valence-electron chi connectivity index (χ1n) is 5.65. The summed E-state index contributed by atoms with van der Waals surface area (Å²) in [7, 11) is 0. The lowest BCUT2D eigenvalue weighted by Crippen LogP contribution is -2.42. The highest BCUT2D eigenvalue weighted by Crippen LogP contribution is 2.23. The van der Waals surface area contributed by atoms with Gasteiger partial charge in [0, 0.05) is 5.92 Å². The van der Waals surface area contributed by atoms with Crippen molar-refractivity contribution in [3.8, 4) is 0 Å². The number of rotatable bonds is 4. The second kappa shape index (κ2) is 5.12. The van der Waals surface area contributed by atoms with Gasteiger partial charge in [0.05, 0.1) is 24.9 Å². The highest BCUT2D eigenvalue weighted by molar-refractivity contribution is 5.89. The van der Waals surface area contributed by atoms with Gasteiger partial charge < -0.3 is 9.47 Å². The first kappa shape index (κ1) is 11.1. The van der Waals surface area contributed by atoms with E-state index >= 15 is 0 Å². The van der Waals surface area contributed by atoms with Gasteiger partial charge in [-0.3, -0.25) is 0 Å². The number of carbonyl (C=O) groups excluding carboxylic acids is 1. The molecule has 16 heavy (non-hydrogen) atoms. The second-order valence-corrected chi connectivity index (χ2v) is 4.00. The monoisotopic (exact) mass is 220 g/mol. The standard InChI is InChI=1S/C13H16O3/c1-2-12-11(8-15-12)9-16-13(14)10-6-4-3-5-7-10/h3-7,11-12H,2,8-9H2,1H3. The minimum absolute atomic E-state index is 0.248. The van der Waals surface area contributed by atoms with Gasteiger partial charge in [-0.25, -0.2) is 4.79 Å². The third-order valence-corrected chi connectivity index (χ3v) is 2.89. The van der Waals surface area contributed by atoms with Crippen LogP contribution in [0.2, 0.25) is 0 Å². The zero-order chi connectivity index (χ0) is 11.4. The maximum atomic E-state index is 11.6. The summed E-state index contributed by atoms with van der Waals surface area (Å²) in [5.74, 6) is 0.125. The minimum Gasteiger partial charge on any atom is -0.462 e. The van der Waals surface area contributed by atoms with Crippen LogP contribution in [0.4, 0.5) is 0 Å². The Hall–Kier alpha value is -1.35. The Morgan fingerprint density at radius 3 is 2.75 bits per heavy atom. The molecule has 2 atom stereocenters. The Morgan fingerprint density at radius 2 is 2.19 bits per heavy atom. The number of benzene rings is 1. The van der Waals surface area contributed by atoms with Crippen molar-refractivity contribution >= 4 is 5.97 Å². The smallest absolute Gasteiger partial charge is 0.338 e. The van der Waals surface area contributed by atoms with Crippen LogP contribution in [0.15, 0.2) is 30.3 Å². The van der Waals surface area contributed by atoms with Gasteiger partial charge >= 0.3 is 5.97 Å². The predicted molar refractivity (Wildman–Crippen MR) is 60.2 cm³/mol. The summed E-state index contributed by atoms with van der Waals surface area (Å²) < 4.78 is 10.6. The lowest BCUT2D eigenvalue weighted by atomic mass is 9.97. The van der Waals surface area contributed by atoms with Crippen LogP contribution in [0.25, 0.3) is 0 Å². The molecule has 0 N–H and O–H groups in total. The van der Waals surface area contributed by atoms with E-state index in [0.29, 0.717) is 24.7 Å². The van der Waals surface area contributed by atoms with Crippen molar-refractivity contribution in [2.75, 3.05) is 13.2 Å². The third-order valence-electron chi connectivity index (χ3n) is 2.89. The molecule has 1 heterocycles. The zero-order valence-corrected chi connectivity index (χ0v) is 9.39. The van der Waals surface area contributed by atoms with Gasteiger partial charge in [0.15, 0.2) is 0 Å². The Morgan fingerprint density at radius 1 is 1.44 bits per heavy atom. The molecule has 0 saturated carbocycles. The van der Waals surface area contributed by atoms with E-state index in [0.717, 1.165) is 6.42 Å². The van der Waals surface area contributed by atoms with Crippen molar-refractivity contribution in [2.24, 2.45) is 5.92 Å². The number of hydrogen-bond acceptors (Lipinski definition) is 3. The van der Waals surface area contributed by atoms with E-state index in [1.54, 1.807) is 12.1 Å². The van der Waals surface area contributed by atoms with Crippen LogP contribution in [0.5, 0.6) is 0 Å². The Labute approximate surface area is 95.4 Å². The molecule has 0 spiro atoms. The fraction of sp³-hybridized carbons (Fsp3) is 0.462. The summed E-state index contributed by atoms with van der Waals surface area (Å²) in [6.07, 6.45) is 1.25. The van der Waals surface area contributed by atoms with E-state index in [2.05, 4.69) is 6.92 Å². The van der Waals surface area contributed by atoms with Crippen LogP contribution >= 0.6 is 0 Å². The normalized spacial score (nSPS) is 23.6. The average molecular weight is 220 g/mol. The molecule has 1 aliphatic heterocycles. The highest BCUT2D eigenvalue weighted by atomic mass is 16.5. The van der Waals surface area contributed by atoms with E-state index in [9.17, 15) is 4.79 Å². The van der Waals surface area contributed by atoms with Gasteiger partial charge in [0.2, 0.25) is 0 Å². The lowest BCUT2D eigenvalue weighted by molar-refractivity contribution is -0.133. The van der Waals surface area contributed by atoms with E-state index in [1.165, 1.54) is 0 Å². The van der Waals surface area contributed by atoms with Crippen molar-refractivity contribution in [1.82, 2.24) is 0 Å². The van der Waals surface area contributed by atoms with Gasteiger partial charge in [0.1, 0.15) is 0 Å². The van der Waals surface area contributed by atoms with Gasteiger partial charge in [0.25, 0.3) is 0 Å². The third kappa shape index (κ3) is 2.42. The molecule has 86 valence electrons. The first-order valence-corrected chi connectivity index (χ1v) is 5.65. The van der Waals surface area contributed by atoms with Crippen molar-refractivity contribution in [3.63, 3.8) is 0 Å². The molecule has 3 nitrogen and oxygen atoms in total. The molecular weight excluding hydrogens is 204 g/mol. The highest BCUT2D eigenvalue weighted by Gasteiger charge is 2.31. The topological polar surface area (TPSA) is 35.5 Å². The molecule has 0 aromatic heterocycles. The molecular formula is C13H16O3. The van der Waals surface area contributed by atoms with Crippen molar-refractivity contribution < 1.29 is 14.3 Å². The number of carbonyl (C=O) groups is 1. The molecule has 0 aliphatic carbocycles. The molecule has 1 fully saturated rings. The van der Waals surface area contributed by atoms with Crippen LogP contribution in [0.3, 0.4) is 0 Å². The number of esters is 1. The summed E-state index contributed by atoms with van der Waals surface area (Å²) in [4.78, 5) is 11.6. The van der Waals surface area contributed by atoms with Gasteiger partial charge in [-0.1, -0.05) is 25.1 Å². The lowest BCUT2D eigenvalue weighted by Gasteiger charge is -2.35. The predicted octanol–water partition coefficient (Wildman–Crippen LogP) is 2.27. The van der Waals surface area contributed by atoms with E-state index < -0.39 is 0 Å². The molecule has 2 unspecified atom stereocenters. The SMILES string of the molecule is CCC1OCC1COC(=O)c1ccccc1. The summed E-state index contributed by atoms with van der Waals surface area (Å²) in [6, 6.07) is 9.06. The van der Waals surface area contributed by atoms with Crippen molar-refractivity contribution in [2.45, 2.75) is 19.4 Å². The molecule has 2 rings (SSSR count). The fourth-order valence-electron chi connectivity index (χ4n) is 1.82. The molecule has 1 aliphatic rings. The quantitative estimate of drug-likeness (QED) is 0.730.